The Bertz CT molecular complexity index is 3080. The molecular formula is C28H17N3O13S3. The van der Waals surface area contributed by atoms with Crippen molar-refractivity contribution in [2.24, 2.45) is 4.99 Å². The zero-order valence-electron chi connectivity index (χ0n) is 22.9. The average Bonchev–Trinajstić information content (AvgIpc) is 2.97. The van der Waals surface area contributed by atoms with Crippen LogP contribution in [0.5, 0.6) is 11.5 Å². The molecule has 0 amide bonds. The summed E-state index contributed by atoms with van der Waals surface area (Å²) in [6, 6.07) is 9.63. The second-order valence-corrected chi connectivity index (χ2v) is 14.3. The Morgan fingerprint density at radius 1 is 0.638 bits per heavy atom. The predicted molar refractivity (Wildman–Crippen MR) is 164 cm³/mol. The fraction of sp³-hybridized carbons (Fsp3) is 0. The van der Waals surface area contributed by atoms with Crippen LogP contribution in [0.1, 0.15) is 0 Å². The van der Waals surface area contributed by atoms with Gasteiger partial charge in [-0.1, -0.05) is 36.4 Å². The van der Waals surface area contributed by atoms with Crippen molar-refractivity contribution in [3.63, 3.8) is 0 Å². The van der Waals surface area contributed by atoms with Gasteiger partial charge in [-0.2, -0.15) is 25.3 Å². The number of nitrogen functional groups attached to an aromatic ring is 1. The van der Waals surface area contributed by atoms with Crippen molar-refractivity contribution in [1.82, 2.24) is 0 Å². The van der Waals surface area contributed by atoms with E-state index in [1.165, 1.54) is 36.4 Å². The number of nitrogens with zero attached hydrogens (tertiary/aromatic N) is 1. The summed E-state index contributed by atoms with van der Waals surface area (Å²) in [6.07, 6.45) is 0. The molecule has 0 radical (unpaired) electrons. The Labute approximate surface area is 261 Å². The summed E-state index contributed by atoms with van der Waals surface area (Å²) in [7, 11) is -16.8. The smallest absolute Gasteiger partial charge is 0.296 e. The minimum atomic E-state index is -5.67. The molecule has 0 fully saturated rings. The van der Waals surface area contributed by atoms with Gasteiger partial charge in [-0.25, -0.2) is 4.99 Å². The summed E-state index contributed by atoms with van der Waals surface area (Å²) in [5, 5.41) is 24.3. The third kappa shape index (κ3) is 4.71. The summed E-state index contributed by atoms with van der Waals surface area (Å²) in [6.45, 7) is 0. The molecule has 0 unspecified atom stereocenters. The third-order valence-electron chi connectivity index (χ3n) is 7.47. The molecule has 0 aromatic heterocycles. The van der Waals surface area contributed by atoms with Crippen molar-refractivity contribution >= 4 is 74.0 Å². The van der Waals surface area contributed by atoms with Crippen molar-refractivity contribution in [2.45, 2.75) is 14.7 Å². The van der Waals surface area contributed by atoms with Crippen molar-refractivity contribution in [3.8, 4) is 11.5 Å². The maximum atomic E-state index is 13.9. The van der Waals surface area contributed by atoms with E-state index < -0.39 is 105 Å². The first-order valence-electron chi connectivity index (χ1n) is 12.7. The number of anilines is 1. The zero-order chi connectivity index (χ0) is 34.5. The van der Waals surface area contributed by atoms with E-state index in [0.29, 0.717) is 6.07 Å². The van der Waals surface area contributed by atoms with Gasteiger partial charge >= 0.3 is 0 Å². The molecule has 4 aromatic rings. The maximum absolute atomic E-state index is 13.9. The molecule has 240 valence electrons. The van der Waals surface area contributed by atoms with E-state index >= 15 is 0 Å². The zero-order valence-corrected chi connectivity index (χ0v) is 25.4. The number of phenolic OH excluding ortho intramolecular Hbond substituents is 2. The monoisotopic (exact) mass is 699 g/mol. The molecule has 19 heteroatoms. The SMILES string of the molecule is N=c1cc(S(=O)(=O)O)c(=Nc2cc(S(=O)(=O)O)c(S(=O)(=O)O)c3c(O)c4ccccc4c(O)c23)c2c(=O)c3cccc(N)c3c(=O)c1=2. The molecule has 0 atom stereocenters. The summed E-state index contributed by atoms with van der Waals surface area (Å²) in [5.41, 5.74) is 2.66. The quantitative estimate of drug-likeness (QED) is 0.0583. The number of nitrogens with two attached hydrogens (primary N) is 1. The van der Waals surface area contributed by atoms with E-state index in [4.69, 9.17) is 11.1 Å². The second kappa shape index (κ2) is 10.1. The number of hydrogen-bond donors (Lipinski definition) is 7. The van der Waals surface area contributed by atoms with E-state index in [1.807, 2.05) is 0 Å². The van der Waals surface area contributed by atoms with Crippen LogP contribution in [0, 0.1) is 15.8 Å². The first-order valence-corrected chi connectivity index (χ1v) is 17.0. The molecular weight excluding hydrogens is 683 g/mol. The van der Waals surface area contributed by atoms with E-state index in [0.717, 1.165) is 6.07 Å². The highest BCUT2D eigenvalue weighted by atomic mass is 32.2. The molecule has 16 nitrogen and oxygen atoms in total. The molecule has 0 spiro atoms. The number of aromatic hydroxyl groups is 2. The van der Waals surface area contributed by atoms with E-state index in [2.05, 4.69) is 4.99 Å². The number of benzene rings is 4. The van der Waals surface area contributed by atoms with Crippen LogP contribution in [-0.4, -0.2) is 49.1 Å². The van der Waals surface area contributed by atoms with Crippen molar-refractivity contribution < 1.29 is 49.1 Å². The molecule has 47 heavy (non-hydrogen) atoms. The number of phenols is 2. The van der Waals surface area contributed by atoms with Crippen LogP contribution in [0.2, 0.25) is 0 Å². The normalized spacial score (nSPS) is 13.3. The fourth-order valence-electron chi connectivity index (χ4n) is 5.60. The molecule has 6 rings (SSSR count). The van der Waals surface area contributed by atoms with Crippen LogP contribution in [0.25, 0.3) is 32.3 Å². The summed E-state index contributed by atoms with van der Waals surface area (Å²) in [5.74, 6) is -1.95. The Morgan fingerprint density at radius 2 is 1.19 bits per heavy atom. The van der Waals surface area contributed by atoms with Crippen LogP contribution in [-0.2, 0) is 30.4 Å². The molecule has 0 heterocycles. The molecule has 2 aliphatic rings. The lowest BCUT2D eigenvalue weighted by Crippen LogP contribution is -2.32. The predicted octanol–water partition coefficient (Wildman–Crippen LogP) is 0.912. The van der Waals surface area contributed by atoms with Gasteiger partial charge in [-0.05, 0) is 18.2 Å². The highest BCUT2D eigenvalue weighted by Crippen LogP contribution is 2.49. The molecule has 8 N–H and O–H groups in total. The molecule has 0 bridgehead atoms. The van der Waals surface area contributed by atoms with Gasteiger partial charge in [0.2, 0.25) is 0 Å². The third-order valence-corrected chi connectivity index (χ3v) is 10.3. The molecule has 4 aromatic carbocycles. The molecule has 0 saturated heterocycles. The number of rotatable bonds is 4. The van der Waals surface area contributed by atoms with Gasteiger partial charge in [0.25, 0.3) is 30.4 Å². The Morgan fingerprint density at radius 3 is 1.74 bits per heavy atom. The summed E-state index contributed by atoms with van der Waals surface area (Å²) < 4.78 is 106. The van der Waals surface area contributed by atoms with Crippen LogP contribution >= 0.6 is 0 Å². The van der Waals surface area contributed by atoms with Crippen molar-refractivity contribution in [2.75, 3.05) is 5.73 Å². The fourth-order valence-corrected chi connectivity index (χ4v) is 8.26. The van der Waals surface area contributed by atoms with Gasteiger partial charge in [0.1, 0.15) is 26.2 Å². The second-order valence-electron chi connectivity index (χ2n) is 10.2. The molecule has 2 aliphatic carbocycles. The van der Waals surface area contributed by atoms with Crippen LogP contribution in [0.15, 0.2) is 83.9 Å². The molecule has 0 saturated carbocycles. The van der Waals surface area contributed by atoms with Gasteiger partial charge in [0.05, 0.1) is 43.0 Å². The Hall–Kier alpha value is -5.31. The number of fused-ring (bicyclic) bond motifs is 3. The van der Waals surface area contributed by atoms with E-state index in [1.54, 1.807) is 0 Å². The topological polar surface area (TPSA) is 300 Å². The lowest BCUT2D eigenvalue weighted by molar-refractivity contribution is 0.463. The summed E-state index contributed by atoms with van der Waals surface area (Å²) >= 11 is 0. The summed E-state index contributed by atoms with van der Waals surface area (Å²) in [4.78, 5) is 27.0. The van der Waals surface area contributed by atoms with E-state index in [-0.39, 0.29) is 33.3 Å². The Balaban J connectivity index is 2.06. The standard InChI is InChI=1S/C28H17N3O13S3/c29-13-7-3-6-12-18(13)27(35)19-14(30)8-16(45(36,37)38)23(21(19)26(12)34)31-15-9-17(46(39,40)41)28(47(42,43)44)22-20(15)24(32)10-4-1-2-5-11(10)25(22)33/h1-9,30,32-33H,29H2,(H,36,37,38)(H,39,40,41)(H,42,43,44). The van der Waals surface area contributed by atoms with Gasteiger partial charge in [0, 0.05) is 21.8 Å². The lowest BCUT2D eigenvalue weighted by Gasteiger charge is -2.16. The van der Waals surface area contributed by atoms with Gasteiger partial charge in [-0.15, -0.1) is 0 Å². The minimum absolute atomic E-state index is 0.167. The number of nitrogens with one attached hydrogen (secondary N) is 1. The Kier molecular flexibility index (Phi) is 6.80. The van der Waals surface area contributed by atoms with Gasteiger partial charge in [-0.3, -0.25) is 23.2 Å². The first kappa shape index (κ1) is 31.7. The highest BCUT2D eigenvalue weighted by Gasteiger charge is 2.33. The largest absolute Gasteiger partial charge is 0.507 e. The number of hydrogen-bond acceptors (Lipinski definition) is 13. The highest BCUT2D eigenvalue weighted by molar-refractivity contribution is 7.89. The van der Waals surface area contributed by atoms with Gasteiger partial charge < -0.3 is 21.4 Å². The van der Waals surface area contributed by atoms with E-state index in [9.17, 15) is 58.7 Å². The lowest BCUT2D eigenvalue weighted by atomic mass is 9.99. The van der Waals surface area contributed by atoms with Crippen LogP contribution < -0.4 is 27.3 Å². The minimum Gasteiger partial charge on any atom is -0.507 e. The first-order chi connectivity index (χ1) is 21.7. The molecule has 0 aliphatic heterocycles. The van der Waals surface area contributed by atoms with Gasteiger partial charge in [0.15, 0.2) is 10.9 Å². The van der Waals surface area contributed by atoms with Crippen LogP contribution in [0.3, 0.4) is 0 Å². The van der Waals surface area contributed by atoms with Crippen molar-refractivity contribution in [3.05, 3.63) is 96.2 Å². The maximum Gasteiger partial charge on any atom is 0.296 e. The van der Waals surface area contributed by atoms with Crippen molar-refractivity contribution in [1.29, 1.82) is 5.41 Å². The average molecular weight is 700 g/mol. The van der Waals surface area contributed by atoms with Crippen LogP contribution in [0.4, 0.5) is 11.4 Å².